The van der Waals surface area contributed by atoms with Crippen molar-refractivity contribution in [1.82, 2.24) is 0 Å². The van der Waals surface area contributed by atoms with Gasteiger partial charge < -0.3 is 19.2 Å². The molecule has 0 aromatic heterocycles. The van der Waals surface area contributed by atoms with Gasteiger partial charge in [-0.05, 0) is 0 Å². The predicted octanol–water partition coefficient (Wildman–Crippen LogP) is -4.45. The van der Waals surface area contributed by atoms with Crippen LogP contribution in [-0.2, 0) is 41.9 Å². The number of rotatable bonds is 0. The van der Waals surface area contributed by atoms with Crippen LogP contribution in [0.4, 0.5) is 0 Å². The molecular weight excluding hydrogens is 315 g/mol. The van der Waals surface area contributed by atoms with E-state index in [1.54, 1.807) is 0 Å². The first kappa shape index (κ1) is 29.7. The van der Waals surface area contributed by atoms with E-state index in [9.17, 15) is 0 Å². The Kier molecular flexibility index (Phi) is 44.6. The minimum atomic E-state index is -4.61. The van der Waals surface area contributed by atoms with Gasteiger partial charge in [0.25, 0.3) is 0 Å². The molecule has 4 nitrogen and oxygen atoms in total. The van der Waals surface area contributed by atoms with Crippen LogP contribution in [0.25, 0.3) is 0 Å². The molecule has 0 fully saturated rings. The van der Waals surface area contributed by atoms with Crippen LogP contribution in [0.3, 0.4) is 0 Å². The molecule has 0 aliphatic heterocycles. The van der Waals surface area contributed by atoms with E-state index >= 15 is 0 Å². The van der Waals surface area contributed by atoms with Gasteiger partial charge in [0, 0.05) is 41.9 Å². The Morgan fingerprint density at radius 1 is 0.889 bits per heavy atom. The van der Waals surface area contributed by atoms with Crippen molar-refractivity contribution in [2.45, 2.75) is 0 Å². The summed E-state index contributed by atoms with van der Waals surface area (Å²) in [5, 5.41) is 0. The summed E-state index contributed by atoms with van der Waals surface area (Å²) in [5.41, 5.74) is 0. The van der Waals surface area contributed by atoms with Crippen LogP contribution in [0.5, 0.6) is 0 Å². The standard InChI is InChI=1S/Ag.Al.Na.H4O4Si.Zn.4H/c;;;1-5(2,3)4;;;;;/h;;;1-4H;;;;;. The maximum Gasteiger partial charge on any atom is 0 e. The fraction of sp³-hybridized carbons (Fsp3) is 0. The first-order valence-corrected chi connectivity index (χ1v) is 2.68. The Bertz CT molecular complexity index is 36.0. The molecule has 0 rings (SSSR count). The maximum absolute atomic E-state index is 7.33. The largest absolute Gasteiger partial charge is 0 e. The van der Waals surface area contributed by atoms with E-state index in [1.165, 1.54) is 0 Å². The summed E-state index contributed by atoms with van der Waals surface area (Å²) in [7, 11) is -4.61. The first-order chi connectivity index (χ1) is 2.00. The van der Waals surface area contributed by atoms with Crippen molar-refractivity contribution in [3.63, 3.8) is 0 Å². The zero-order chi connectivity index (χ0) is 4.50. The molecule has 1 radical (unpaired) electrons. The summed E-state index contributed by atoms with van der Waals surface area (Å²) in [6.45, 7) is 0. The van der Waals surface area contributed by atoms with Crippen molar-refractivity contribution in [2.75, 3.05) is 0 Å². The van der Waals surface area contributed by atoms with E-state index in [-0.39, 0.29) is 88.8 Å². The zero-order valence-corrected chi connectivity index (χ0v) is 8.75. The van der Waals surface area contributed by atoms with E-state index in [0.717, 1.165) is 0 Å². The second-order valence-corrected chi connectivity index (χ2v) is 1.80. The van der Waals surface area contributed by atoms with Gasteiger partial charge in [-0.3, -0.25) is 0 Å². The average molecular weight is 323 g/mol. The summed E-state index contributed by atoms with van der Waals surface area (Å²) in [5.74, 6) is 0. The van der Waals surface area contributed by atoms with E-state index < -0.39 is 9.05 Å². The number of hydrogen-bond acceptors (Lipinski definition) is 4. The normalized spacial score (nSPS) is 6.67. The van der Waals surface area contributed by atoms with Gasteiger partial charge in [-0.1, -0.05) is 0 Å². The Labute approximate surface area is 115 Å². The molecule has 0 saturated heterocycles. The van der Waals surface area contributed by atoms with Crippen molar-refractivity contribution in [1.29, 1.82) is 0 Å². The Morgan fingerprint density at radius 2 is 0.889 bits per heavy atom. The van der Waals surface area contributed by atoms with Gasteiger partial charge in [-0.15, -0.1) is 0 Å². The smallest absolute Gasteiger partial charge is 0 e. The zero-order valence-electron chi connectivity index (χ0n) is 3.30. The Balaban J connectivity index is -0.0000000133. The quantitative estimate of drug-likeness (QED) is 0.339. The van der Waals surface area contributed by atoms with Crippen LogP contribution >= 0.6 is 0 Å². The molecule has 0 aliphatic rings. The van der Waals surface area contributed by atoms with Crippen molar-refractivity contribution in [2.24, 2.45) is 0 Å². The molecule has 0 spiro atoms. The molecular formula is H8AgAlNaO4SiZn. The van der Waals surface area contributed by atoms with E-state index in [0.29, 0.717) is 0 Å². The molecule has 9 heteroatoms. The van der Waals surface area contributed by atoms with Crippen molar-refractivity contribution in [3.05, 3.63) is 0 Å². The molecule has 0 saturated carbocycles. The van der Waals surface area contributed by atoms with Gasteiger partial charge >= 0.3 is 38.6 Å². The molecule has 0 amide bonds. The summed E-state index contributed by atoms with van der Waals surface area (Å²) in [6, 6.07) is 0. The molecule has 4 N–H and O–H groups in total. The molecule has 9 heavy (non-hydrogen) atoms. The third-order valence-corrected chi connectivity index (χ3v) is 0. The molecule has 0 aliphatic carbocycles. The molecule has 0 atom stereocenters. The van der Waals surface area contributed by atoms with Crippen LogP contribution in [0.15, 0.2) is 0 Å². The topological polar surface area (TPSA) is 80.9 Å². The van der Waals surface area contributed by atoms with Gasteiger partial charge in [0.1, 0.15) is 0 Å². The van der Waals surface area contributed by atoms with Gasteiger partial charge in [0.15, 0.2) is 17.4 Å². The van der Waals surface area contributed by atoms with Crippen molar-refractivity contribution < 1.29 is 61.0 Å². The van der Waals surface area contributed by atoms with E-state index in [2.05, 4.69) is 0 Å². The first-order valence-electron chi connectivity index (χ1n) is 0.894. The minimum absolute atomic E-state index is 0. The third-order valence-electron chi connectivity index (χ3n) is 0. The minimum Gasteiger partial charge on any atom is 0 e. The summed E-state index contributed by atoms with van der Waals surface area (Å²) < 4.78 is 0. The van der Waals surface area contributed by atoms with E-state index in [1.807, 2.05) is 0 Å². The SMILES string of the molecule is O[Si](O)(O)O.[Ag].[AlH3].[NaH].[Zn]. The molecule has 0 aromatic carbocycles. The second-order valence-electron chi connectivity index (χ2n) is 0.600. The Hall–Kier alpha value is 2.95. The fourth-order valence-corrected chi connectivity index (χ4v) is 0. The van der Waals surface area contributed by atoms with Crippen molar-refractivity contribution >= 4 is 56.0 Å². The van der Waals surface area contributed by atoms with Crippen LogP contribution < -0.4 is 0 Å². The molecule has 0 bridgehead atoms. The van der Waals surface area contributed by atoms with Crippen LogP contribution in [0.2, 0.25) is 0 Å². The van der Waals surface area contributed by atoms with Crippen LogP contribution in [0.1, 0.15) is 0 Å². The number of hydrogen-bond donors (Lipinski definition) is 4. The predicted molar refractivity (Wildman–Crippen MR) is 31.7 cm³/mol. The Morgan fingerprint density at radius 3 is 0.889 bits per heavy atom. The second kappa shape index (κ2) is 13.5. The van der Waals surface area contributed by atoms with Crippen LogP contribution in [-0.4, -0.2) is 75.1 Å². The summed E-state index contributed by atoms with van der Waals surface area (Å²) in [4.78, 5) is 29.3. The fourth-order valence-electron chi connectivity index (χ4n) is 0. The van der Waals surface area contributed by atoms with Gasteiger partial charge in [-0.25, -0.2) is 0 Å². The summed E-state index contributed by atoms with van der Waals surface area (Å²) >= 11 is 0. The maximum atomic E-state index is 7.33. The molecule has 0 aromatic rings. The van der Waals surface area contributed by atoms with Crippen molar-refractivity contribution in [3.8, 4) is 0 Å². The van der Waals surface area contributed by atoms with E-state index in [4.69, 9.17) is 19.2 Å². The average Bonchev–Trinajstić information content (AvgIpc) is 0.722. The van der Waals surface area contributed by atoms with Gasteiger partial charge in [0.2, 0.25) is 0 Å². The van der Waals surface area contributed by atoms with Crippen LogP contribution in [0, 0.1) is 0 Å². The monoisotopic (exact) mass is 321 g/mol. The molecule has 0 heterocycles. The molecule has 0 unspecified atom stereocenters. The summed E-state index contributed by atoms with van der Waals surface area (Å²) in [6.07, 6.45) is 0. The van der Waals surface area contributed by atoms with Gasteiger partial charge in [0.05, 0.1) is 0 Å². The third kappa shape index (κ3) is 101. The molecule has 53 valence electrons. The van der Waals surface area contributed by atoms with Gasteiger partial charge in [-0.2, -0.15) is 0 Å².